The van der Waals surface area contributed by atoms with Gasteiger partial charge in [-0.05, 0) is 68.7 Å². The van der Waals surface area contributed by atoms with Crippen LogP contribution in [0.15, 0.2) is 106 Å². The predicted octanol–water partition coefficient (Wildman–Crippen LogP) is 7.67. The first-order valence-corrected chi connectivity index (χ1v) is 9.35. The van der Waals surface area contributed by atoms with Crippen LogP contribution in [-0.2, 0) is 0 Å². The minimum atomic E-state index is 0.880. The van der Waals surface area contributed by atoms with Crippen molar-refractivity contribution >= 4 is 32.3 Å². The molecule has 0 saturated heterocycles. The van der Waals surface area contributed by atoms with Crippen molar-refractivity contribution in [3.63, 3.8) is 0 Å². The van der Waals surface area contributed by atoms with Gasteiger partial charge in [0.15, 0.2) is 0 Å². The summed E-state index contributed by atoms with van der Waals surface area (Å²) < 4.78 is 11.5. The Balaban J connectivity index is 1.85. The van der Waals surface area contributed by atoms with Crippen LogP contribution < -0.4 is 0 Å². The number of fused-ring (bicyclic) bond motifs is 5. The number of furan rings is 2. The van der Waals surface area contributed by atoms with Crippen molar-refractivity contribution < 1.29 is 8.83 Å². The van der Waals surface area contributed by atoms with Crippen molar-refractivity contribution in [3.05, 3.63) is 97.5 Å². The van der Waals surface area contributed by atoms with Crippen molar-refractivity contribution in [1.82, 2.24) is 0 Å². The van der Waals surface area contributed by atoms with E-state index in [2.05, 4.69) is 60.7 Å². The van der Waals surface area contributed by atoms with Gasteiger partial charge >= 0.3 is 0 Å². The van der Waals surface area contributed by atoms with E-state index in [-0.39, 0.29) is 0 Å². The van der Waals surface area contributed by atoms with Gasteiger partial charge in [-0.25, -0.2) is 0 Å². The van der Waals surface area contributed by atoms with Gasteiger partial charge in [0.05, 0.1) is 12.5 Å². The summed E-state index contributed by atoms with van der Waals surface area (Å²) in [6.07, 6.45) is 3.45. The Bertz CT molecular complexity index is 1330. The first-order valence-electron chi connectivity index (χ1n) is 9.35. The van der Waals surface area contributed by atoms with E-state index in [1.54, 1.807) is 12.5 Å². The van der Waals surface area contributed by atoms with E-state index in [1.165, 1.54) is 32.3 Å². The third-order valence-corrected chi connectivity index (χ3v) is 5.43. The highest BCUT2D eigenvalue weighted by Crippen LogP contribution is 2.41. The molecule has 2 nitrogen and oxygen atoms in total. The molecule has 0 N–H and O–H groups in total. The molecule has 0 atom stereocenters. The second-order valence-corrected chi connectivity index (χ2v) is 6.99. The van der Waals surface area contributed by atoms with Crippen LogP contribution in [0.5, 0.6) is 0 Å². The molecule has 0 aliphatic rings. The van der Waals surface area contributed by atoms with E-state index < -0.39 is 0 Å². The normalized spacial score (nSPS) is 11.6. The molecule has 0 aliphatic carbocycles. The van der Waals surface area contributed by atoms with Gasteiger partial charge in [-0.2, -0.15) is 0 Å². The van der Waals surface area contributed by atoms with Gasteiger partial charge in [0.2, 0.25) is 0 Å². The van der Waals surface area contributed by atoms with Gasteiger partial charge < -0.3 is 8.83 Å². The van der Waals surface area contributed by atoms with Crippen LogP contribution in [0, 0.1) is 0 Å². The van der Waals surface area contributed by atoms with Crippen LogP contribution in [-0.4, -0.2) is 0 Å². The Morgan fingerprint density at radius 3 is 1.36 bits per heavy atom. The van der Waals surface area contributed by atoms with Gasteiger partial charge in [-0.15, -0.1) is 0 Å². The lowest BCUT2D eigenvalue weighted by Gasteiger charge is -2.14. The quantitative estimate of drug-likeness (QED) is 0.296. The van der Waals surface area contributed by atoms with Gasteiger partial charge in [0.1, 0.15) is 11.5 Å². The summed E-state index contributed by atoms with van der Waals surface area (Å²) in [5, 5.41) is 7.29. The molecule has 0 bridgehead atoms. The zero-order valence-electron chi connectivity index (χ0n) is 15.1. The van der Waals surface area contributed by atoms with E-state index in [0.29, 0.717) is 0 Å². The molecule has 4 aromatic carbocycles. The molecular weight excluding hydrogens is 344 g/mol. The molecule has 6 aromatic rings. The standard InChI is InChI=1S/C26H16O2/c1-3-9-20-18(7-1)22(24-11-5-13-27-24)15-17-16-23(25-12-6-14-28-25)19-8-2-4-10-21(19)26(17)20/h1-16H. The lowest BCUT2D eigenvalue weighted by atomic mass is 9.90. The van der Waals surface area contributed by atoms with E-state index in [9.17, 15) is 0 Å². The van der Waals surface area contributed by atoms with Crippen molar-refractivity contribution in [1.29, 1.82) is 0 Å². The first-order chi connectivity index (χ1) is 13.9. The smallest absolute Gasteiger partial charge is 0.134 e. The van der Waals surface area contributed by atoms with Gasteiger partial charge in [-0.3, -0.25) is 0 Å². The van der Waals surface area contributed by atoms with Crippen LogP contribution in [0.4, 0.5) is 0 Å². The maximum absolute atomic E-state index is 5.75. The Hall–Kier alpha value is -3.78. The summed E-state index contributed by atoms with van der Waals surface area (Å²) >= 11 is 0. The van der Waals surface area contributed by atoms with Gasteiger partial charge in [0.25, 0.3) is 0 Å². The minimum absolute atomic E-state index is 0.880. The molecular formula is C26H16O2. The summed E-state index contributed by atoms with van der Waals surface area (Å²) in [7, 11) is 0. The fourth-order valence-corrected chi connectivity index (χ4v) is 4.25. The summed E-state index contributed by atoms with van der Waals surface area (Å²) in [4.78, 5) is 0. The summed E-state index contributed by atoms with van der Waals surface area (Å²) in [6.45, 7) is 0. The number of rotatable bonds is 2. The molecule has 2 heterocycles. The first kappa shape index (κ1) is 15.3. The van der Waals surface area contributed by atoms with Gasteiger partial charge in [-0.1, -0.05) is 48.5 Å². The highest BCUT2D eigenvalue weighted by atomic mass is 16.3. The second kappa shape index (κ2) is 5.86. The van der Waals surface area contributed by atoms with Gasteiger partial charge in [0, 0.05) is 11.1 Å². The largest absolute Gasteiger partial charge is 0.464 e. The lowest BCUT2D eigenvalue weighted by Crippen LogP contribution is -1.87. The molecule has 0 unspecified atom stereocenters. The Labute approximate surface area is 161 Å². The monoisotopic (exact) mass is 360 g/mol. The predicted molar refractivity (Wildman–Crippen MR) is 114 cm³/mol. The molecule has 28 heavy (non-hydrogen) atoms. The minimum Gasteiger partial charge on any atom is -0.464 e. The molecule has 0 radical (unpaired) electrons. The summed E-state index contributed by atoms with van der Waals surface area (Å²) in [5.74, 6) is 1.76. The van der Waals surface area contributed by atoms with Crippen LogP contribution >= 0.6 is 0 Å². The maximum atomic E-state index is 5.75. The molecule has 0 saturated carbocycles. The van der Waals surface area contributed by atoms with Crippen LogP contribution in [0.25, 0.3) is 55.0 Å². The van der Waals surface area contributed by atoms with Crippen LogP contribution in [0.2, 0.25) is 0 Å². The SMILES string of the molecule is c1coc(-c2cc3cc(-c4ccco4)c4ccccc4c3c3ccccc23)c1. The molecule has 0 fully saturated rings. The van der Waals surface area contributed by atoms with Crippen molar-refractivity contribution in [2.75, 3.05) is 0 Å². The fourth-order valence-electron chi connectivity index (χ4n) is 4.25. The van der Waals surface area contributed by atoms with Crippen LogP contribution in [0.1, 0.15) is 0 Å². The molecule has 6 rings (SSSR count). The molecule has 2 heteroatoms. The highest BCUT2D eigenvalue weighted by Gasteiger charge is 2.15. The van der Waals surface area contributed by atoms with Crippen molar-refractivity contribution in [2.45, 2.75) is 0 Å². The zero-order chi connectivity index (χ0) is 18.5. The molecule has 0 amide bonds. The maximum Gasteiger partial charge on any atom is 0.134 e. The lowest BCUT2D eigenvalue weighted by molar-refractivity contribution is 0.583. The van der Waals surface area contributed by atoms with Crippen LogP contribution in [0.3, 0.4) is 0 Å². The second-order valence-electron chi connectivity index (χ2n) is 6.99. The van der Waals surface area contributed by atoms with Crippen molar-refractivity contribution in [2.24, 2.45) is 0 Å². The molecule has 0 spiro atoms. The molecule has 0 aliphatic heterocycles. The highest BCUT2D eigenvalue weighted by molar-refractivity contribution is 6.25. The Morgan fingerprint density at radius 2 is 0.929 bits per heavy atom. The number of benzene rings is 4. The molecule has 2 aromatic heterocycles. The Kier molecular flexibility index (Phi) is 3.20. The fraction of sp³-hybridized carbons (Fsp3) is 0. The summed E-state index contributed by atoms with van der Waals surface area (Å²) in [5.41, 5.74) is 2.21. The third-order valence-electron chi connectivity index (χ3n) is 5.43. The van der Waals surface area contributed by atoms with E-state index >= 15 is 0 Å². The Morgan fingerprint density at radius 1 is 0.464 bits per heavy atom. The topological polar surface area (TPSA) is 26.3 Å². The zero-order valence-corrected chi connectivity index (χ0v) is 15.1. The molecule has 132 valence electrons. The van der Waals surface area contributed by atoms with Crippen molar-refractivity contribution in [3.8, 4) is 22.6 Å². The number of hydrogen-bond donors (Lipinski definition) is 0. The van der Waals surface area contributed by atoms with E-state index in [4.69, 9.17) is 8.83 Å². The third kappa shape index (κ3) is 2.15. The number of hydrogen-bond acceptors (Lipinski definition) is 2. The summed E-state index contributed by atoms with van der Waals surface area (Å²) in [6, 6.07) is 29.5. The average molecular weight is 360 g/mol. The van der Waals surface area contributed by atoms with E-state index in [1.807, 2.05) is 24.3 Å². The van der Waals surface area contributed by atoms with E-state index in [0.717, 1.165) is 22.6 Å². The average Bonchev–Trinajstić information content (AvgIpc) is 3.46.